The van der Waals surface area contributed by atoms with E-state index >= 15 is 0 Å². The molecule has 0 spiro atoms. The van der Waals surface area contributed by atoms with Gasteiger partial charge in [-0.15, -0.1) is 0 Å². The monoisotopic (exact) mass is 320 g/mol. The maximum atomic E-state index is 12.3. The summed E-state index contributed by atoms with van der Waals surface area (Å²) < 4.78 is 10.8. The van der Waals surface area contributed by atoms with Crippen LogP contribution in [0.2, 0.25) is 0 Å². The molecule has 5 heteroatoms. The Balaban J connectivity index is 1.46. The summed E-state index contributed by atoms with van der Waals surface area (Å²) in [5.74, 6) is 0.0811. The summed E-state index contributed by atoms with van der Waals surface area (Å²) in [5, 5.41) is 3.79. The standard InChI is InChI=1S/C18H28N2O3/c1-4-23-16-11-15(18(16,2)3)19-14-5-8-20(9-6-14)17(21)13-7-10-22-12-13/h7,10,12,14-16,19H,4-6,8-9,11H2,1-3H3/t15-,16-/m0/s1. The Morgan fingerprint density at radius 2 is 2.17 bits per heavy atom. The largest absolute Gasteiger partial charge is 0.472 e. The number of nitrogens with one attached hydrogen (secondary N) is 1. The Kier molecular flexibility index (Phi) is 4.78. The van der Waals surface area contributed by atoms with E-state index in [1.165, 1.54) is 6.26 Å². The van der Waals surface area contributed by atoms with E-state index in [2.05, 4.69) is 26.1 Å². The Morgan fingerprint density at radius 1 is 1.43 bits per heavy atom. The van der Waals surface area contributed by atoms with E-state index in [1.807, 2.05) is 4.90 Å². The van der Waals surface area contributed by atoms with Gasteiger partial charge in [0.2, 0.25) is 0 Å². The SMILES string of the molecule is CCO[C@H]1C[C@H](NC2CCN(C(=O)c3ccoc3)CC2)C1(C)C. The summed E-state index contributed by atoms with van der Waals surface area (Å²) in [6.07, 6.45) is 6.56. The van der Waals surface area contributed by atoms with Crippen LogP contribution in [-0.4, -0.2) is 48.7 Å². The summed E-state index contributed by atoms with van der Waals surface area (Å²) in [4.78, 5) is 14.2. The molecule has 1 aliphatic carbocycles. The van der Waals surface area contributed by atoms with E-state index in [9.17, 15) is 4.79 Å². The number of piperidine rings is 1. The van der Waals surface area contributed by atoms with Gasteiger partial charge in [0.25, 0.3) is 5.91 Å². The van der Waals surface area contributed by atoms with Crippen LogP contribution in [0, 0.1) is 5.41 Å². The number of nitrogens with zero attached hydrogens (tertiary/aromatic N) is 1. The molecule has 0 bridgehead atoms. The van der Waals surface area contributed by atoms with E-state index in [-0.39, 0.29) is 11.3 Å². The maximum Gasteiger partial charge on any atom is 0.257 e. The minimum Gasteiger partial charge on any atom is -0.472 e. The molecule has 2 aliphatic rings. The smallest absolute Gasteiger partial charge is 0.257 e. The molecule has 0 aromatic carbocycles. The maximum absolute atomic E-state index is 12.3. The first kappa shape index (κ1) is 16.5. The first-order chi connectivity index (χ1) is 11.0. The first-order valence-electron chi connectivity index (χ1n) is 8.71. The number of amides is 1. The number of furan rings is 1. The lowest BCUT2D eigenvalue weighted by Gasteiger charge is -2.53. The second kappa shape index (κ2) is 6.65. The second-order valence-electron chi connectivity index (χ2n) is 7.30. The number of ether oxygens (including phenoxy) is 1. The first-order valence-corrected chi connectivity index (χ1v) is 8.71. The highest BCUT2D eigenvalue weighted by Gasteiger charge is 2.49. The van der Waals surface area contributed by atoms with Gasteiger partial charge in [-0.1, -0.05) is 13.8 Å². The van der Waals surface area contributed by atoms with E-state index in [0.29, 0.717) is 23.8 Å². The van der Waals surface area contributed by atoms with Crippen molar-refractivity contribution in [2.24, 2.45) is 5.41 Å². The molecule has 3 rings (SSSR count). The zero-order chi connectivity index (χ0) is 16.4. The summed E-state index contributed by atoms with van der Waals surface area (Å²) in [6, 6.07) is 2.74. The van der Waals surface area contributed by atoms with Crippen molar-refractivity contribution in [1.29, 1.82) is 0 Å². The van der Waals surface area contributed by atoms with Crippen LogP contribution in [0.4, 0.5) is 0 Å². The molecule has 1 saturated heterocycles. The van der Waals surface area contributed by atoms with E-state index in [4.69, 9.17) is 9.15 Å². The molecule has 1 amide bonds. The molecule has 2 atom stereocenters. The Morgan fingerprint density at radius 3 is 2.74 bits per heavy atom. The van der Waals surface area contributed by atoms with Crippen LogP contribution in [0.3, 0.4) is 0 Å². The van der Waals surface area contributed by atoms with Gasteiger partial charge in [-0.25, -0.2) is 0 Å². The van der Waals surface area contributed by atoms with Crippen molar-refractivity contribution in [2.75, 3.05) is 19.7 Å². The van der Waals surface area contributed by atoms with Crippen molar-refractivity contribution >= 4 is 5.91 Å². The Hall–Kier alpha value is -1.33. The fourth-order valence-corrected chi connectivity index (χ4v) is 3.75. The quantitative estimate of drug-likeness (QED) is 0.906. The zero-order valence-electron chi connectivity index (χ0n) is 14.4. The van der Waals surface area contributed by atoms with Crippen LogP contribution in [0.25, 0.3) is 0 Å². The molecule has 1 aliphatic heterocycles. The van der Waals surface area contributed by atoms with Gasteiger partial charge in [0.15, 0.2) is 0 Å². The predicted octanol–water partition coefficient (Wildman–Crippen LogP) is 2.68. The molecule has 0 radical (unpaired) electrons. The Bertz CT molecular complexity index is 518. The molecule has 1 aromatic heterocycles. The van der Waals surface area contributed by atoms with Gasteiger partial charge in [0, 0.05) is 37.2 Å². The molecule has 1 saturated carbocycles. The molecule has 2 heterocycles. The normalized spacial score (nSPS) is 27.7. The highest BCUT2D eigenvalue weighted by Crippen LogP contribution is 2.43. The lowest BCUT2D eigenvalue weighted by atomic mass is 9.64. The van der Waals surface area contributed by atoms with Gasteiger partial charge in [-0.2, -0.15) is 0 Å². The molecule has 128 valence electrons. The molecule has 1 N–H and O–H groups in total. The van der Waals surface area contributed by atoms with Crippen molar-refractivity contribution in [1.82, 2.24) is 10.2 Å². The number of rotatable bonds is 5. The van der Waals surface area contributed by atoms with Crippen LogP contribution in [-0.2, 0) is 4.74 Å². The minimum absolute atomic E-state index is 0.0811. The number of hydrogen-bond acceptors (Lipinski definition) is 4. The molecule has 1 aromatic rings. The topological polar surface area (TPSA) is 54.7 Å². The fraction of sp³-hybridized carbons (Fsp3) is 0.722. The third-order valence-electron chi connectivity index (χ3n) is 5.53. The molecule has 23 heavy (non-hydrogen) atoms. The van der Waals surface area contributed by atoms with Crippen LogP contribution in [0.1, 0.15) is 50.4 Å². The van der Waals surface area contributed by atoms with Gasteiger partial charge < -0.3 is 19.4 Å². The third kappa shape index (κ3) is 3.31. The number of carbonyl (C=O) groups is 1. The summed E-state index contributed by atoms with van der Waals surface area (Å²) in [7, 11) is 0. The average Bonchev–Trinajstić information content (AvgIpc) is 3.08. The van der Waals surface area contributed by atoms with Crippen molar-refractivity contribution in [2.45, 2.75) is 58.2 Å². The molecule has 2 fully saturated rings. The third-order valence-corrected chi connectivity index (χ3v) is 5.53. The Labute approximate surface area is 138 Å². The van der Waals surface area contributed by atoms with Gasteiger partial charge >= 0.3 is 0 Å². The van der Waals surface area contributed by atoms with Gasteiger partial charge in [0.1, 0.15) is 6.26 Å². The number of hydrogen-bond donors (Lipinski definition) is 1. The molecule has 5 nitrogen and oxygen atoms in total. The highest BCUT2D eigenvalue weighted by molar-refractivity contribution is 5.93. The van der Waals surface area contributed by atoms with Gasteiger partial charge in [0.05, 0.1) is 17.9 Å². The lowest BCUT2D eigenvalue weighted by molar-refractivity contribution is -0.117. The molecular formula is C18H28N2O3. The lowest BCUT2D eigenvalue weighted by Crippen LogP contribution is -2.63. The van der Waals surface area contributed by atoms with E-state index in [0.717, 1.165) is 39.0 Å². The van der Waals surface area contributed by atoms with E-state index < -0.39 is 0 Å². The van der Waals surface area contributed by atoms with Crippen molar-refractivity contribution in [3.63, 3.8) is 0 Å². The number of carbonyl (C=O) groups excluding carboxylic acids is 1. The van der Waals surface area contributed by atoms with Crippen LogP contribution in [0.15, 0.2) is 23.0 Å². The fourth-order valence-electron chi connectivity index (χ4n) is 3.75. The second-order valence-corrected chi connectivity index (χ2v) is 7.30. The predicted molar refractivity (Wildman–Crippen MR) is 88.4 cm³/mol. The minimum atomic E-state index is 0.0811. The van der Waals surface area contributed by atoms with Crippen LogP contribution >= 0.6 is 0 Å². The van der Waals surface area contributed by atoms with Crippen LogP contribution in [0.5, 0.6) is 0 Å². The summed E-state index contributed by atoms with van der Waals surface area (Å²) >= 11 is 0. The van der Waals surface area contributed by atoms with E-state index in [1.54, 1.807) is 12.3 Å². The van der Waals surface area contributed by atoms with Crippen molar-refractivity contribution in [3.8, 4) is 0 Å². The molecule has 0 unspecified atom stereocenters. The van der Waals surface area contributed by atoms with Crippen LogP contribution < -0.4 is 5.32 Å². The number of likely N-dealkylation sites (tertiary alicyclic amines) is 1. The van der Waals surface area contributed by atoms with Crippen molar-refractivity contribution < 1.29 is 13.9 Å². The highest BCUT2D eigenvalue weighted by atomic mass is 16.5. The molecular weight excluding hydrogens is 292 g/mol. The summed E-state index contributed by atoms with van der Waals surface area (Å²) in [6.45, 7) is 9.03. The van der Waals surface area contributed by atoms with Gasteiger partial charge in [-0.05, 0) is 32.3 Å². The zero-order valence-corrected chi connectivity index (χ0v) is 14.4. The summed E-state index contributed by atoms with van der Waals surface area (Å²) in [5.41, 5.74) is 0.843. The van der Waals surface area contributed by atoms with Crippen molar-refractivity contribution in [3.05, 3.63) is 24.2 Å². The average molecular weight is 320 g/mol. The van der Waals surface area contributed by atoms with Gasteiger partial charge in [-0.3, -0.25) is 4.79 Å².